The molecule has 0 aromatic carbocycles. The van der Waals surface area contributed by atoms with Crippen molar-refractivity contribution >= 4 is 5.91 Å². The summed E-state index contributed by atoms with van der Waals surface area (Å²) in [6.07, 6.45) is 13.0. The number of amides is 1. The summed E-state index contributed by atoms with van der Waals surface area (Å²) in [7, 11) is 0. The van der Waals surface area contributed by atoms with E-state index >= 15 is 0 Å². The smallest absolute Gasteiger partial charge is 0.222 e. The lowest BCUT2D eigenvalue weighted by Crippen LogP contribution is -2.50. The molecule has 0 aromatic rings. The quantitative estimate of drug-likeness (QED) is 0.717. The highest BCUT2D eigenvalue weighted by Gasteiger charge is 2.25. The summed E-state index contributed by atoms with van der Waals surface area (Å²) in [6.45, 7) is 11.5. The maximum atomic E-state index is 12.2. The van der Waals surface area contributed by atoms with E-state index in [4.69, 9.17) is 0 Å². The van der Waals surface area contributed by atoms with Gasteiger partial charge in [0.15, 0.2) is 0 Å². The third-order valence-electron chi connectivity index (χ3n) is 5.69. The lowest BCUT2D eigenvalue weighted by Gasteiger charge is -2.38. The predicted octanol–water partition coefficient (Wildman–Crippen LogP) is 2.92. The minimum Gasteiger partial charge on any atom is -0.340 e. The number of carbonyl (C=O) groups is 1. The second-order valence-electron chi connectivity index (χ2n) is 8.30. The number of piperazine rings is 1. The fourth-order valence-electron chi connectivity index (χ4n) is 4.26. The Morgan fingerprint density at radius 1 is 1.16 bits per heavy atom. The first kappa shape index (κ1) is 18.7. The van der Waals surface area contributed by atoms with Gasteiger partial charge in [0.05, 0.1) is 0 Å². The van der Waals surface area contributed by atoms with Gasteiger partial charge < -0.3 is 4.90 Å². The van der Waals surface area contributed by atoms with Crippen LogP contribution in [0.2, 0.25) is 0 Å². The van der Waals surface area contributed by atoms with E-state index in [0.29, 0.717) is 24.3 Å². The number of hydrogen-bond acceptors (Lipinski definition) is 3. The molecular formula is C21H35N3O. The van der Waals surface area contributed by atoms with Crippen molar-refractivity contribution in [2.75, 3.05) is 45.8 Å². The molecule has 0 spiro atoms. The molecule has 0 N–H and O–H groups in total. The van der Waals surface area contributed by atoms with Gasteiger partial charge in [-0.1, -0.05) is 32.1 Å². The molecule has 1 atom stereocenters. The number of nitrogens with zero attached hydrogens (tertiary/aromatic N) is 3. The van der Waals surface area contributed by atoms with Crippen molar-refractivity contribution in [3.05, 3.63) is 23.8 Å². The van der Waals surface area contributed by atoms with E-state index in [-0.39, 0.29) is 0 Å². The molecule has 0 aromatic heterocycles. The highest BCUT2D eigenvalue weighted by molar-refractivity contribution is 5.76. The van der Waals surface area contributed by atoms with Crippen molar-refractivity contribution in [2.45, 2.75) is 52.0 Å². The highest BCUT2D eigenvalue weighted by Crippen LogP contribution is 2.21. The van der Waals surface area contributed by atoms with E-state index in [2.05, 4.69) is 46.8 Å². The molecule has 4 heteroatoms. The first-order chi connectivity index (χ1) is 12.1. The molecule has 2 aliphatic heterocycles. The monoisotopic (exact) mass is 345 g/mol. The Morgan fingerprint density at radius 3 is 2.64 bits per heavy atom. The standard InChI is InChI=1S/C21H35N3O/c1-18(2)15-21(25)23-13-11-22(12-14-23)16-19-7-6-10-24(17-19)20-8-4-3-5-9-20/h4,7-8,18,20H,3,5-6,9-17H2,1-2H3/t20-/m1/s1. The molecule has 0 saturated carbocycles. The van der Waals surface area contributed by atoms with Crippen molar-refractivity contribution < 1.29 is 4.79 Å². The molecular weight excluding hydrogens is 310 g/mol. The summed E-state index contributed by atoms with van der Waals surface area (Å²) >= 11 is 0. The molecule has 0 unspecified atom stereocenters. The van der Waals surface area contributed by atoms with E-state index in [1.54, 1.807) is 5.57 Å². The van der Waals surface area contributed by atoms with E-state index < -0.39 is 0 Å². The molecule has 1 amide bonds. The highest BCUT2D eigenvalue weighted by atomic mass is 16.2. The molecule has 1 saturated heterocycles. The van der Waals surface area contributed by atoms with E-state index in [1.807, 2.05) is 0 Å². The zero-order chi connectivity index (χ0) is 17.6. The van der Waals surface area contributed by atoms with Crippen LogP contribution in [-0.4, -0.2) is 72.5 Å². The summed E-state index contributed by atoms with van der Waals surface area (Å²) in [5.41, 5.74) is 1.58. The van der Waals surface area contributed by atoms with Crippen LogP contribution in [0.25, 0.3) is 0 Å². The van der Waals surface area contributed by atoms with Crippen LogP contribution in [0.1, 0.15) is 46.0 Å². The Morgan fingerprint density at radius 2 is 1.96 bits per heavy atom. The maximum Gasteiger partial charge on any atom is 0.222 e. The van der Waals surface area contributed by atoms with Gasteiger partial charge in [0.1, 0.15) is 0 Å². The van der Waals surface area contributed by atoms with E-state index in [1.165, 1.54) is 32.2 Å². The Labute approximate surface area is 153 Å². The van der Waals surface area contributed by atoms with E-state index in [9.17, 15) is 4.79 Å². The van der Waals surface area contributed by atoms with Gasteiger partial charge >= 0.3 is 0 Å². The van der Waals surface area contributed by atoms with Gasteiger partial charge in [0.25, 0.3) is 0 Å². The number of carbonyl (C=O) groups excluding carboxylic acids is 1. The first-order valence-electron chi connectivity index (χ1n) is 10.2. The summed E-state index contributed by atoms with van der Waals surface area (Å²) < 4.78 is 0. The Hall–Kier alpha value is -1.13. The Bertz CT molecular complexity index is 503. The topological polar surface area (TPSA) is 26.8 Å². The second kappa shape index (κ2) is 9.00. The van der Waals surface area contributed by atoms with Crippen LogP contribution in [-0.2, 0) is 4.79 Å². The molecule has 0 radical (unpaired) electrons. The van der Waals surface area contributed by atoms with Crippen LogP contribution >= 0.6 is 0 Å². The van der Waals surface area contributed by atoms with Crippen molar-refractivity contribution in [2.24, 2.45) is 5.92 Å². The van der Waals surface area contributed by atoms with Gasteiger partial charge in [0.2, 0.25) is 5.91 Å². The van der Waals surface area contributed by atoms with Gasteiger partial charge in [-0.3, -0.25) is 14.6 Å². The fourth-order valence-corrected chi connectivity index (χ4v) is 4.26. The third kappa shape index (κ3) is 5.42. The maximum absolute atomic E-state index is 12.2. The summed E-state index contributed by atoms with van der Waals surface area (Å²) in [5, 5.41) is 0. The van der Waals surface area contributed by atoms with Crippen molar-refractivity contribution in [1.82, 2.24) is 14.7 Å². The average Bonchev–Trinajstić information content (AvgIpc) is 2.63. The first-order valence-corrected chi connectivity index (χ1v) is 10.2. The van der Waals surface area contributed by atoms with Gasteiger partial charge in [0, 0.05) is 58.3 Å². The van der Waals surface area contributed by atoms with Crippen LogP contribution in [0, 0.1) is 5.92 Å². The largest absolute Gasteiger partial charge is 0.340 e. The average molecular weight is 346 g/mol. The molecule has 4 nitrogen and oxygen atoms in total. The number of rotatable bonds is 5. The van der Waals surface area contributed by atoms with Crippen molar-refractivity contribution in [3.8, 4) is 0 Å². The Balaban J connectivity index is 1.44. The molecule has 3 aliphatic rings. The Kier molecular flexibility index (Phi) is 6.71. The van der Waals surface area contributed by atoms with Crippen molar-refractivity contribution in [3.63, 3.8) is 0 Å². The molecule has 3 rings (SSSR count). The minimum absolute atomic E-state index is 0.335. The van der Waals surface area contributed by atoms with Crippen LogP contribution in [0.5, 0.6) is 0 Å². The number of allylic oxidation sites excluding steroid dienone is 1. The van der Waals surface area contributed by atoms with Crippen LogP contribution in [0.15, 0.2) is 23.8 Å². The van der Waals surface area contributed by atoms with Crippen LogP contribution in [0.4, 0.5) is 0 Å². The van der Waals surface area contributed by atoms with Gasteiger partial charge in [-0.2, -0.15) is 0 Å². The second-order valence-corrected chi connectivity index (χ2v) is 8.30. The fraction of sp³-hybridized carbons (Fsp3) is 0.762. The minimum atomic E-state index is 0.335. The third-order valence-corrected chi connectivity index (χ3v) is 5.69. The van der Waals surface area contributed by atoms with Gasteiger partial charge in [-0.05, 0) is 37.2 Å². The molecule has 2 heterocycles. The van der Waals surface area contributed by atoms with Crippen LogP contribution in [0.3, 0.4) is 0 Å². The summed E-state index contributed by atoms with van der Waals surface area (Å²) in [6, 6.07) is 0.656. The lowest BCUT2D eigenvalue weighted by atomic mass is 9.98. The van der Waals surface area contributed by atoms with Crippen molar-refractivity contribution in [1.29, 1.82) is 0 Å². The lowest BCUT2D eigenvalue weighted by molar-refractivity contribution is -0.133. The summed E-state index contributed by atoms with van der Waals surface area (Å²) in [5.74, 6) is 0.791. The zero-order valence-electron chi connectivity index (χ0n) is 16.1. The zero-order valence-corrected chi connectivity index (χ0v) is 16.1. The SMILES string of the molecule is CC(C)CC(=O)N1CCN(CC2=CCCN([C@@H]3C=CCCC3)C2)CC1. The molecule has 140 valence electrons. The van der Waals surface area contributed by atoms with Crippen LogP contribution < -0.4 is 0 Å². The molecule has 1 fully saturated rings. The molecule has 25 heavy (non-hydrogen) atoms. The normalized spacial score (nSPS) is 26.1. The molecule has 0 bridgehead atoms. The van der Waals surface area contributed by atoms with Gasteiger partial charge in [-0.15, -0.1) is 0 Å². The summed E-state index contributed by atoms with van der Waals surface area (Å²) in [4.78, 5) is 19.5. The predicted molar refractivity (Wildman–Crippen MR) is 104 cm³/mol. The number of hydrogen-bond donors (Lipinski definition) is 0. The molecule has 1 aliphatic carbocycles. The van der Waals surface area contributed by atoms with E-state index in [0.717, 1.165) is 39.3 Å². The van der Waals surface area contributed by atoms with Gasteiger partial charge in [-0.25, -0.2) is 0 Å².